The fourth-order valence-corrected chi connectivity index (χ4v) is 0.619. The van der Waals surface area contributed by atoms with E-state index in [1.54, 1.807) is 0 Å². The molecule has 0 amide bonds. The summed E-state index contributed by atoms with van der Waals surface area (Å²) in [7, 11) is 3.92. The minimum absolute atomic E-state index is 0.171. The zero-order chi connectivity index (χ0) is 6.57. The lowest BCUT2D eigenvalue weighted by Gasteiger charge is -2.00. The lowest BCUT2D eigenvalue weighted by Crippen LogP contribution is -2.25. The third kappa shape index (κ3) is 3.81. The molecule has 0 fully saturated rings. The van der Waals surface area contributed by atoms with Crippen LogP contribution in [0.2, 0.25) is 0 Å². The molecule has 1 atom stereocenters. The van der Waals surface area contributed by atoms with E-state index in [2.05, 4.69) is 0 Å². The summed E-state index contributed by atoms with van der Waals surface area (Å²) in [6.07, 6.45) is 0.972. The first kappa shape index (κ1) is 7.63. The molecule has 0 aliphatic rings. The summed E-state index contributed by atoms with van der Waals surface area (Å²) in [4.78, 5) is 12.0. The fraction of sp³-hybridized carbons (Fsp3) is 0.833. The van der Waals surface area contributed by atoms with Crippen molar-refractivity contribution in [3.8, 4) is 0 Å². The van der Waals surface area contributed by atoms with Gasteiger partial charge in [-0.05, 0) is 0 Å². The number of hydrogen-bond acceptors (Lipinski definition) is 2. The third-order valence-electron chi connectivity index (χ3n) is 0.885. The Bertz CT molecular complexity index is 70.9. The smallest absolute Gasteiger partial charge is 0.131 e. The van der Waals surface area contributed by atoms with E-state index < -0.39 is 0 Å². The SMILES string of the molecule is CC(C=O)C[N+](C)C. The van der Waals surface area contributed by atoms with E-state index in [9.17, 15) is 4.79 Å². The Morgan fingerprint density at radius 3 is 2.25 bits per heavy atom. The fourth-order valence-electron chi connectivity index (χ4n) is 0.619. The van der Waals surface area contributed by atoms with Crippen LogP contribution < -0.4 is 4.90 Å². The zero-order valence-corrected chi connectivity index (χ0v) is 5.72. The molecule has 2 heteroatoms. The van der Waals surface area contributed by atoms with E-state index in [1.165, 1.54) is 0 Å². The Morgan fingerprint density at radius 1 is 1.62 bits per heavy atom. The molecular formula is C6H13NO+. The van der Waals surface area contributed by atoms with Gasteiger partial charge in [-0.25, -0.2) is 0 Å². The average Bonchev–Trinajstić information content (AvgIpc) is 1.65. The highest BCUT2D eigenvalue weighted by Gasteiger charge is 2.05. The summed E-state index contributed by atoms with van der Waals surface area (Å²) in [6.45, 7) is 2.76. The van der Waals surface area contributed by atoms with Crippen molar-refractivity contribution in [1.29, 1.82) is 0 Å². The van der Waals surface area contributed by atoms with Crippen LogP contribution in [0.4, 0.5) is 0 Å². The summed E-state index contributed by atoms with van der Waals surface area (Å²) < 4.78 is 0. The van der Waals surface area contributed by atoms with Gasteiger partial charge >= 0.3 is 0 Å². The van der Waals surface area contributed by atoms with Crippen molar-refractivity contribution in [2.45, 2.75) is 6.92 Å². The second kappa shape index (κ2) is 3.61. The average molecular weight is 115 g/mol. The highest BCUT2D eigenvalue weighted by molar-refractivity contribution is 5.53. The molecule has 1 unspecified atom stereocenters. The number of hydrogen-bond donors (Lipinski definition) is 0. The third-order valence-corrected chi connectivity index (χ3v) is 0.885. The van der Waals surface area contributed by atoms with Crippen molar-refractivity contribution < 1.29 is 4.79 Å². The molecule has 2 nitrogen and oxygen atoms in total. The maximum absolute atomic E-state index is 10.0. The molecule has 8 heavy (non-hydrogen) atoms. The lowest BCUT2D eigenvalue weighted by atomic mass is 10.2. The maximum atomic E-state index is 10.0. The maximum Gasteiger partial charge on any atom is 0.131 e. The molecule has 47 valence electrons. The second-order valence-corrected chi connectivity index (χ2v) is 2.38. The molecule has 0 aromatic carbocycles. The first-order valence-corrected chi connectivity index (χ1v) is 2.77. The van der Waals surface area contributed by atoms with E-state index in [4.69, 9.17) is 0 Å². The summed E-state index contributed by atoms with van der Waals surface area (Å²) in [5.41, 5.74) is 0. The van der Waals surface area contributed by atoms with Gasteiger partial charge in [-0.1, -0.05) is 6.92 Å². The van der Waals surface area contributed by atoms with Crippen LogP contribution >= 0.6 is 0 Å². The molecule has 0 heterocycles. The first-order chi connectivity index (χ1) is 3.66. The Morgan fingerprint density at radius 2 is 2.12 bits per heavy atom. The summed E-state index contributed by atoms with van der Waals surface area (Å²) in [6, 6.07) is 0. The molecule has 0 bridgehead atoms. The molecule has 0 N–H and O–H groups in total. The van der Waals surface area contributed by atoms with Crippen molar-refractivity contribution in [3.05, 3.63) is 0 Å². The minimum Gasteiger partial charge on any atom is -0.303 e. The van der Waals surface area contributed by atoms with Gasteiger partial charge in [0.15, 0.2) is 0 Å². The predicted octanol–water partition coefficient (Wildman–Crippen LogP) is 0.221. The van der Waals surface area contributed by atoms with Gasteiger partial charge in [-0.3, -0.25) is 0 Å². The van der Waals surface area contributed by atoms with Crippen LogP contribution in [0.5, 0.6) is 0 Å². The van der Waals surface area contributed by atoms with E-state index >= 15 is 0 Å². The van der Waals surface area contributed by atoms with E-state index in [1.807, 2.05) is 25.9 Å². The summed E-state index contributed by atoms with van der Waals surface area (Å²) in [5.74, 6) is 0.171. The molecule has 0 aliphatic carbocycles. The molecule has 0 aromatic heterocycles. The van der Waals surface area contributed by atoms with Crippen LogP contribution in [-0.4, -0.2) is 26.9 Å². The van der Waals surface area contributed by atoms with Crippen LogP contribution in [-0.2, 0) is 4.79 Å². The van der Waals surface area contributed by atoms with Gasteiger partial charge in [0.2, 0.25) is 0 Å². The molecule has 0 rings (SSSR count). The van der Waals surface area contributed by atoms with Gasteiger partial charge in [0.05, 0.1) is 5.92 Å². The molecular weight excluding hydrogens is 102 g/mol. The Hall–Kier alpha value is -0.370. The number of aldehydes is 1. The quantitative estimate of drug-likeness (QED) is 0.381. The summed E-state index contributed by atoms with van der Waals surface area (Å²) >= 11 is 0. The lowest BCUT2D eigenvalue weighted by molar-refractivity contribution is -0.110. The van der Waals surface area contributed by atoms with Gasteiger partial charge in [0.1, 0.15) is 26.9 Å². The van der Waals surface area contributed by atoms with Crippen LogP contribution in [0.15, 0.2) is 0 Å². The zero-order valence-electron chi connectivity index (χ0n) is 5.72. The highest BCUT2D eigenvalue weighted by atomic mass is 16.1. The van der Waals surface area contributed by atoms with Crippen LogP contribution in [0.1, 0.15) is 6.92 Å². The van der Waals surface area contributed by atoms with Crippen molar-refractivity contribution in [2.75, 3.05) is 20.6 Å². The molecule has 0 aliphatic heterocycles. The molecule has 0 aromatic rings. The Labute approximate surface area is 50.5 Å². The topological polar surface area (TPSA) is 23.0 Å². The van der Waals surface area contributed by atoms with Crippen LogP contribution in [0, 0.1) is 5.92 Å². The van der Waals surface area contributed by atoms with Crippen molar-refractivity contribution in [2.24, 2.45) is 5.92 Å². The molecule has 1 radical (unpaired) electrons. The standard InChI is InChI=1S/C6H13NO/c1-6(5-8)4-7(2)3/h5-6H,4H2,1-3H3/q+1. The first-order valence-electron chi connectivity index (χ1n) is 2.77. The number of carbonyl (C=O) groups excluding carboxylic acids is 1. The van der Waals surface area contributed by atoms with Crippen LogP contribution in [0.25, 0.3) is 0 Å². The van der Waals surface area contributed by atoms with Crippen molar-refractivity contribution >= 4 is 6.29 Å². The Kier molecular flexibility index (Phi) is 3.44. The largest absolute Gasteiger partial charge is 0.303 e. The van der Waals surface area contributed by atoms with E-state index in [0.717, 1.165) is 12.8 Å². The number of carbonyl (C=O) groups is 1. The van der Waals surface area contributed by atoms with Gasteiger partial charge in [0.25, 0.3) is 0 Å². The van der Waals surface area contributed by atoms with Gasteiger partial charge < -0.3 is 4.79 Å². The van der Waals surface area contributed by atoms with E-state index in [0.29, 0.717) is 0 Å². The highest BCUT2D eigenvalue weighted by Crippen LogP contribution is 1.86. The predicted molar refractivity (Wildman–Crippen MR) is 34.1 cm³/mol. The molecule has 0 saturated carbocycles. The number of rotatable bonds is 3. The van der Waals surface area contributed by atoms with Gasteiger partial charge in [0, 0.05) is 0 Å². The molecule has 0 spiro atoms. The summed E-state index contributed by atoms with van der Waals surface area (Å²) in [5, 5.41) is 0. The van der Waals surface area contributed by atoms with Gasteiger partial charge in [-0.15, -0.1) is 0 Å². The van der Waals surface area contributed by atoms with Crippen molar-refractivity contribution in [1.82, 2.24) is 4.90 Å². The van der Waals surface area contributed by atoms with Crippen LogP contribution in [0.3, 0.4) is 0 Å². The monoisotopic (exact) mass is 115 g/mol. The Balaban J connectivity index is 3.23. The van der Waals surface area contributed by atoms with Crippen molar-refractivity contribution in [3.63, 3.8) is 0 Å². The molecule has 0 saturated heterocycles. The normalized spacial score (nSPS) is 14.0. The number of nitrogens with zero attached hydrogens (tertiary/aromatic N) is 1. The second-order valence-electron chi connectivity index (χ2n) is 2.38. The minimum atomic E-state index is 0.171. The van der Waals surface area contributed by atoms with E-state index in [-0.39, 0.29) is 5.92 Å². The van der Waals surface area contributed by atoms with Gasteiger partial charge in [-0.2, -0.15) is 4.90 Å².